The number of benzene rings is 1. The number of piperidine rings is 1. The van der Waals surface area contributed by atoms with Gasteiger partial charge in [-0.05, 0) is 50.2 Å². The number of hydrogen-bond acceptors (Lipinski definition) is 6. The van der Waals surface area contributed by atoms with Gasteiger partial charge in [0.05, 0.1) is 25.0 Å². The minimum absolute atomic E-state index is 0.0336. The number of hydrogen-bond donors (Lipinski definition) is 3. The molecule has 1 saturated heterocycles. The molecule has 0 radical (unpaired) electrons. The normalized spacial score (nSPS) is 15.6. The van der Waals surface area contributed by atoms with Crippen LogP contribution in [0.1, 0.15) is 23.2 Å². The van der Waals surface area contributed by atoms with Crippen LogP contribution in [0.4, 0.5) is 11.5 Å². The van der Waals surface area contributed by atoms with Crippen LogP contribution in [0.2, 0.25) is 0 Å². The van der Waals surface area contributed by atoms with Crippen LogP contribution >= 0.6 is 0 Å². The lowest BCUT2D eigenvalue weighted by molar-refractivity contribution is 0.0512. The molecule has 3 N–H and O–H groups in total. The third kappa shape index (κ3) is 4.79. The van der Waals surface area contributed by atoms with Crippen LogP contribution in [0, 0.1) is 5.41 Å². The van der Waals surface area contributed by atoms with E-state index in [1.54, 1.807) is 32.5 Å². The molecule has 1 aromatic carbocycles. The van der Waals surface area contributed by atoms with Crippen molar-refractivity contribution < 1.29 is 14.3 Å². The average molecular weight is 384 g/mol. The molecule has 1 aromatic heterocycles. The predicted molar refractivity (Wildman–Crippen MR) is 109 cm³/mol. The van der Waals surface area contributed by atoms with Crippen LogP contribution in [-0.2, 0) is 4.74 Å². The van der Waals surface area contributed by atoms with Crippen LogP contribution < -0.4 is 20.7 Å². The van der Waals surface area contributed by atoms with Gasteiger partial charge in [0.1, 0.15) is 11.6 Å². The molecule has 1 fully saturated rings. The summed E-state index contributed by atoms with van der Waals surface area (Å²) >= 11 is 0. The Morgan fingerprint density at radius 1 is 1.18 bits per heavy atom. The highest BCUT2D eigenvalue weighted by atomic mass is 16.5. The highest BCUT2D eigenvalue weighted by molar-refractivity contribution is 5.99. The van der Waals surface area contributed by atoms with E-state index in [9.17, 15) is 4.79 Å². The molecule has 1 amide bonds. The minimum atomic E-state index is -0.153. The van der Waals surface area contributed by atoms with E-state index in [4.69, 9.17) is 9.47 Å². The number of rotatable bonds is 8. The Hall–Kier alpha value is -2.64. The summed E-state index contributed by atoms with van der Waals surface area (Å²) in [6.45, 7) is 3.08. The molecular weight excluding hydrogens is 356 g/mol. The fourth-order valence-electron chi connectivity index (χ4n) is 3.56. The quantitative estimate of drug-likeness (QED) is 0.649. The second kappa shape index (κ2) is 9.52. The summed E-state index contributed by atoms with van der Waals surface area (Å²) in [6, 6.07) is 11.1. The SMILES string of the molecule is COCC1(CNC(=O)c2cccnc2Nc2ccccc2OC)CCNCC1. The molecule has 0 bridgehead atoms. The highest BCUT2D eigenvalue weighted by Gasteiger charge is 2.32. The van der Waals surface area contributed by atoms with Gasteiger partial charge in [-0.1, -0.05) is 12.1 Å². The van der Waals surface area contributed by atoms with Crippen molar-refractivity contribution in [1.82, 2.24) is 15.6 Å². The van der Waals surface area contributed by atoms with Gasteiger partial charge in [0.15, 0.2) is 0 Å². The van der Waals surface area contributed by atoms with Crippen LogP contribution in [0.3, 0.4) is 0 Å². The molecule has 2 heterocycles. The first-order chi connectivity index (χ1) is 13.7. The molecular formula is C21H28N4O3. The number of methoxy groups -OCH3 is 2. The smallest absolute Gasteiger partial charge is 0.255 e. The largest absolute Gasteiger partial charge is 0.495 e. The maximum atomic E-state index is 12.9. The Morgan fingerprint density at radius 2 is 1.96 bits per heavy atom. The van der Waals surface area contributed by atoms with E-state index in [0.29, 0.717) is 30.3 Å². The molecule has 150 valence electrons. The van der Waals surface area contributed by atoms with Gasteiger partial charge >= 0.3 is 0 Å². The van der Waals surface area contributed by atoms with Crippen molar-refractivity contribution in [2.45, 2.75) is 12.8 Å². The van der Waals surface area contributed by atoms with Gasteiger partial charge in [0, 0.05) is 25.3 Å². The Morgan fingerprint density at radius 3 is 2.71 bits per heavy atom. The number of nitrogens with one attached hydrogen (secondary N) is 3. The number of carbonyl (C=O) groups is 1. The molecule has 0 saturated carbocycles. The molecule has 28 heavy (non-hydrogen) atoms. The number of carbonyl (C=O) groups excluding carboxylic acids is 1. The summed E-state index contributed by atoms with van der Waals surface area (Å²) in [7, 11) is 3.32. The summed E-state index contributed by atoms with van der Waals surface area (Å²) in [5.41, 5.74) is 1.22. The Labute approximate surface area is 165 Å². The third-order valence-corrected chi connectivity index (χ3v) is 5.15. The van der Waals surface area contributed by atoms with Gasteiger partial charge in [0.25, 0.3) is 5.91 Å². The molecule has 0 spiro atoms. The average Bonchev–Trinajstić information content (AvgIpc) is 2.74. The van der Waals surface area contributed by atoms with E-state index >= 15 is 0 Å². The van der Waals surface area contributed by atoms with Crippen molar-refractivity contribution in [3.8, 4) is 5.75 Å². The van der Waals surface area contributed by atoms with Crippen molar-refractivity contribution in [2.75, 3.05) is 45.8 Å². The maximum absolute atomic E-state index is 12.9. The molecule has 1 aliphatic rings. The van der Waals surface area contributed by atoms with E-state index in [2.05, 4.69) is 20.9 Å². The monoisotopic (exact) mass is 384 g/mol. The van der Waals surface area contributed by atoms with E-state index in [0.717, 1.165) is 31.6 Å². The molecule has 0 unspecified atom stereocenters. The van der Waals surface area contributed by atoms with Gasteiger partial charge in [0.2, 0.25) is 0 Å². The van der Waals surface area contributed by atoms with Gasteiger partial charge in [-0.25, -0.2) is 4.98 Å². The number of nitrogens with zero attached hydrogens (tertiary/aromatic N) is 1. The zero-order chi connectivity index (χ0) is 19.8. The number of amides is 1. The summed E-state index contributed by atoms with van der Waals surface area (Å²) in [5, 5.41) is 9.67. The van der Waals surface area contributed by atoms with Crippen LogP contribution in [-0.4, -0.2) is 51.4 Å². The van der Waals surface area contributed by atoms with E-state index in [-0.39, 0.29) is 11.3 Å². The number of pyridine rings is 1. The summed E-state index contributed by atoms with van der Waals surface area (Å²) in [5.74, 6) is 1.03. The minimum Gasteiger partial charge on any atom is -0.495 e. The van der Waals surface area contributed by atoms with Crippen molar-refractivity contribution >= 4 is 17.4 Å². The molecule has 7 nitrogen and oxygen atoms in total. The number of aromatic nitrogens is 1. The molecule has 2 aromatic rings. The molecule has 7 heteroatoms. The van der Waals surface area contributed by atoms with Crippen molar-refractivity contribution in [3.63, 3.8) is 0 Å². The summed E-state index contributed by atoms with van der Waals surface area (Å²) in [6.07, 6.45) is 3.61. The van der Waals surface area contributed by atoms with Gasteiger partial charge in [-0.3, -0.25) is 4.79 Å². The third-order valence-electron chi connectivity index (χ3n) is 5.15. The summed E-state index contributed by atoms with van der Waals surface area (Å²) in [4.78, 5) is 17.3. The first kappa shape index (κ1) is 20.1. The number of ether oxygens (including phenoxy) is 2. The van der Waals surface area contributed by atoms with E-state index in [1.807, 2.05) is 24.3 Å². The second-order valence-corrected chi connectivity index (χ2v) is 7.09. The predicted octanol–water partition coefficient (Wildman–Crippen LogP) is 2.58. The van der Waals surface area contributed by atoms with E-state index < -0.39 is 0 Å². The molecule has 0 atom stereocenters. The number of anilines is 2. The van der Waals surface area contributed by atoms with E-state index in [1.165, 1.54) is 0 Å². The van der Waals surface area contributed by atoms with Gasteiger partial charge in [-0.2, -0.15) is 0 Å². The Balaban J connectivity index is 1.73. The zero-order valence-electron chi connectivity index (χ0n) is 16.5. The fourth-order valence-corrected chi connectivity index (χ4v) is 3.56. The van der Waals surface area contributed by atoms with Gasteiger partial charge < -0.3 is 25.4 Å². The number of para-hydroxylation sites is 2. The van der Waals surface area contributed by atoms with Crippen molar-refractivity contribution in [3.05, 3.63) is 48.2 Å². The van der Waals surface area contributed by atoms with Crippen LogP contribution in [0.5, 0.6) is 5.75 Å². The second-order valence-electron chi connectivity index (χ2n) is 7.09. The zero-order valence-corrected chi connectivity index (χ0v) is 16.5. The lowest BCUT2D eigenvalue weighted by Crippen LogP contribution is -2.47. The topological polar surface area (TPSA) is 84.5 Å². The fraction of sp³-hybridized carbons (Fsp3) is 0.429. The molecule has 0 aliphatic carbocycles. The highest BCUT2D eigenvalue weighted by Crippen LogP contribution is 2.29. The van der Waals surface area contributed by atoms with Crippen molar-refractivity contribution in [2.24, 2.45) is 5.41 Å². The first-order valence-electron chi connectivity index (χ1n) is 9.50. The Kier molecular flexibility index (Phi) is 6.84. The molecule has 1 aliphatic heterocycles. The standard InChI is InChI=1S/C21H28N4O3/c1-27-15-21(9-12-22-13-10-21)14-24-20(26)16-6-5-11-23-19(16)25-17-7-3-4-8-18(17)28-2/h3-8,11,22H,9-10,12-15H2,1-2H3,(H,23,25)(H,24,26). The maximum Gasteiger partial charge on any atom is 0.255 e. The lowest BCUT2D eigenvalue weighted by Gasteiger charge is -2.37. The van der Waals surface area contributed by atoms with Crippen LogP contribution in [0.15, 0.2) is 42.6 Å². The Bertz CT molecular complexity index is 785. The van der Waals surface area contributed by atoms with Gasteiger partial charge in [-0.15, -0.1) is 0 Å². The first-order valence-corrected chi connectivity index (χ1v) is 9.50. The lowest BCUT2D eigenvalue weighted by atomic mass is 9.79. The molecule has 3 rings (SSSR count). The van der Waals surface area contributed by atoms with Crippen LogP contribution in [0.25, 0.3) is 0 Å². The van der Waals surface area contributed by atoms with Crippen molar-refractivity contribution in [1.29, 1.82) is 0 Å². The summed E-state index contributed by atoms with van der Waals surface area (Å²) < 4.78 is 10.8.